The highest BCUT2D eigenvalue weighted by atomic mass is 16.6. The van der Waals surface area contributed by atoms with E-state index >= 15 is 0 Å². The van der Waals surface area contributed by atoms with E-state index in [4.69, 9.17) is 15.0 Å². The van der Waals surface area contributed by atoms with Crippen molar-refractivity contribution in [1.82, 2.24) is 4.90 Å². The lowest BCUT2D eigenvalue weighted by molar-refractivity contribution is 0.0240. The van der Waals surface area contributed by atoms with Crippen molar-refractivity contribution in [2.45, 2.75) is 33.3 Å². The van der Waals surface area contributed by atoms with Gasteiger partial charge in [-0.1, -0.05) is 5.11 Å². The molecule has 0 atom stereocenters. The second-order valence-electron chi connectivity index (χ2n) is 7.27. The average Bonchev–Trinajstić information content (AvgIpc) is 2.61. The third-order valence-electron chi connectivity index (χ3n) is 4.20. The van der Waals surface area contributed by atoms with Crippen LogP contribution >= 0.6 is 0 Å². The van der Waals surface area contributed by atoms with Crippen LogP contribution in [0.2, 0.25) is 0 Å². The number of amides is 1. The van der Waals surface area contributed by atoms with Gasteiger partial charge in [-0.15, -0.1) is 0 Å². The molecule has 1 aliphatic rings. The Morgan fingerprint density at radius 3 is 2.33 bits per heavy atom. The van der Waals surface area contributed by atoms with Crippen LogP contribution in [0.15, 0.2) is 17.2 Å². The first-order valence-electron chi connectivity index (χ1n) is 8.67. The molecule has 0 bridgehead atoms. The summed E-state index contributed by atoms with van der Waals surface area (Å²) < 4.78 is 10.2. The summed E-state index contributed by atoms with van der Waals surface area (Å²) in [7, 11) is 1.30. The zero-order chi connectivity index (χ0) is 20.2. The number of ether oxygens (including phenoxy) is 2. The lowest BCUT2D eigenvalue weighted by Crippen LogP contribution is -2.50. The minimum absolute atomic E-state index is 0.315. The molecule has 1 aromatic rings. The minimum Gasteiger partial charge on any atom is -0.465 e. The van der Waals surface area contributed by atoms with Crippen LogP contribution in [0.3, 0.4) is 0 Å². The molecule has 0 aliphatic carbocycles. The van der Waals surface area contributed by atoms with Gasteiger partial charge in [0.1, 0.15) is 5.60 Å². The molecule has 9 heteroatoms. The van der Waals surface area contributed by atoms with Crippen LogP contribution in [0.25, 0.3) is 10.4 Å². The normalized spacial score (nSPS) is 14.4. The number of esters is 1. The summed E-state index contributed by atoms with van der Waals surface area (Å²) in [6.45, 7) is 9.46. The minimum atomic E-state index is -0.538. The third-order valence-corrected chi connectivity index (χ3v) is 4.20. The van der Waals surface area contributed by atoms with Crippen molar-refractivity contribution in [2.75, 3.05) is 38.2 Å². The molecule has 0 spiro atoms. The molecular formula is C18H25N5O4. The van der Waals surface area contributed by atoms with Crippen LogP contribution in [0, 0.1) is 6.92 Å². The summed E-state index contributed by atoms with van der Waals surface area (Å²) in [4.78, 5) is 30.7. The molecule has 9 nitrogen and oxygen atoms in total. The Morgan fingerprint density at radius 1 is 1.19 bits per heavy atom. The van der Waals surface area contributed by atoms with Crippen molar-refractivity contribution < 1.29 is 19.1 Å². The predicted octanol–water partition coefficient (Wildman–Crippen LogP) is 3.78. The molecule has 1 saturated heterocycles. The quantitative estimate of drug-likeness (QED) is 0.346. The molecule has 0 unspecified atom stereocenters. The Bertz CT molecular complexity index is 773. The van der Waals surface area contributed by atoms with E-state index in [0.717, 1.165) is 11.3 Å². The van der Waals surface area contributed by atoms with Crippen LogP contribution in [0.5, 0.6) is 0 Å². The number of hydrogen-bond donors (Lipinski definition) is 0. The molecule has 2 rings (SSSR count). The van der Waals surface area contributed by atoms with E-state index in [9.17, 15) is 9.59 Å². The lowest BCUT2D eigenvalue weighted by Gasteiger charge is -2.37. The fraction of sp³-hybridized carbons (Fsp3) is 0.556. The van der Waals surface area contributed by atoms with E-state index in [1.54, 1.807) is 11.0 Å². The maximum absolute atomic E-state index is 12.2. The Morgan fingerprint density at radius 2 is 1.81 bits per heavy atom. The zero-order valence-corrected chi connectivity index (χ0v) is 16.4. The molecule has 0 radical (unpaired) electrons. The Hall–Kier alpha value is -2.93. The monoisotopic (exact) mass is 375 g/mol. The SMILES string of the molecule is COC(=O)c1cc(N=[N+]=[N-])c(C)c(N2CCN(C(=O)OC(C)(C)C)CC2)c1. The van der Waals surface area contributed by atoms with E-state index in [2.05, 4.69) is 14.9 Å². The van der Waals surface area contributed by atoms with Crippen molar-refractivity contribution in [3.8, 4) is 0 Å². The van der Waals surface area contributed by atoms with Crippen molar-refractivity contribution in [1.29, 1.82) is 0 Å². The number of benzene rings is 1. The topological polar surface area (TPSA) is 108 Å². The van der Waals surface area contributed by atoms with Crippen molar-refractivity contribution in [3.05, 3.63) is 33.7 Å². The summed E-state index contributed by atoms with van der Waals surface area (Å²) in [6, 6.07) is 3.24. The molecule has 1 amide bonds. The largest absolute Gasteiger partial charge is 0.465 e. The van der Waals surface area contributed by atoms with Crippen LogP contribution in [0.1, 0.15) is 36.7 Å². The summed E-state index contributed by atoms with van der Waals surface area (Å²) >= 11 is 0. The molecular weight excluding hydrogens is 350 g/mol. The maximum Gasteiger partial charge on any atom is 0.410 e. The van der Waals surface area contributed by atoms with Gasteiger partial charge in [0, 0.05) is 42.5 Å². The smallest absolute Gasteiger partial charge is 0.410 e. The number of methoxy groups -OCH3 is 1. The fourth-order valence-electron chi connectivity index (χ4n) is 2.86. The van der Waals surface area contributed by atoms with E-state index in [1.807, 2.05) is 27.7 Å². The van der Waals surface area contributed by atoms with E-state index in [1.165, 1.54) is 13.2 Å². The Balaban J connectivity index is 2.22. The van der Waals surface area contributed by atoms with Gasteiger partial charge in [0.2, 0.25) is 0 Å². The summed E-state index contributed by atoms with van der Waals surface area (Å²) in [5, 5.41) is 3.68. The number of piperazine rings is 1. The van der Waals surface area contributed by atoms with Crippen LogP contribution < -0.4 is 4.90 Å². The second kappa shape index (κ2) is 8.18. The van der Waals surface area contributed by atoms with Crippen LogP contribution in [-0.2, 0) is 9.47 Å². The highest BCUT2D eigenvalue weighted by Gasteiger charge is 2.27. The number of azide groups is 1. The van der Waals surface area contributed by atoms with Gasteiger partial charge in [0.25, 0.3) is 0 Å². The van der Waals surface area contributed by atoms with Gasteiger partial charge >= 0.3 is 12.1 Å². The average molecular weight is 375 g/mol. The molecule has 27 heavy (non-hydrogen) atoms. The highest BCUT2D eigenvalue weighted by Crippen LogP contribution is 2.32. The van der Waals surface area contributed by atoms with Gasteiger partial charge in [0.15, 0.2) is 0 Å². The van der Waals surface area contributed by atoms with Crippen molar-refractivity contribution in [2.24, 2.45) is 5.11 Å². The number of rotatable bonds is 3. The Kier molecular flexibility index (Phi) is 6.17. The first-order chi connectivity index (χ1) is 12.7. The summed E-state index contributed by atoms with van der Waals surface area (Å²) in [5.41, 5.74) is 10.5. The molecule has 0 saturated carbocycles. The first kappa shape index (κ1) is 20.4. The molecule has 0 aromatic heterocycles. The molecule has 0 N–H and O–H groups in total. The third kappa shape index (κ3) is 5.04. The van der Waals surface area contributed by atoms with Gasteiger partial charge < -0.3 is 19.3 Å². The van der Waals surface area contributed by atoms with Gasteiger partial charge in [-0.2, -0.15) is 0 Å². The predicted molar refractivity (Wildman–Crippen MR) is 101 cm³/mol. The lowest BCUT2D eigenvalue weighted by atomic mass is 10.1. The Labute approximate surface area is 158 Å². The molecule has 146 valence electrons. The van der Waals surface area contributed by atoms with Gasteiger partial charge in [-0.3, -0.25) is 0 Å². The standard InChI is InChI=1S/C18H25N5O4/c1-12-14(20-21-19)10-13(16(24)26-5)11-15(12)22-6-8-23(9-7-22)17(25)27-18(2,3)4/h10-11H,6-9H2,1-5H3. The van der Waals surface area contributed by atoms with Crippen molar-refractivity contribution >= 4 is 23.4 Å². The van der Waals surface area contributed by atoms with Gasteiger partial charge in [-0.05, 0) is 50.9 Å². The zero-order valence-electron chi connectivity index (χ0n) is 16.4. The summed E-state index contributed by atoms with van der Waals surface area (Å²) in [6.07, 6.45) is -0.336. The van der Waals surface area contributed by atoms with Crippen LogP contribution in [0.4, 0.5) is 16.2 Å². The summed E-state index contributed by atoms with van der Waals surface area (Å²) in [5.74, 6) is -0.502. The van der Waals surface area contributed by atoms with E-state index < -0.39 is 11.6 Å². The number of carbonyl (C=O) groups is 2. The number of nitrogens with zero attached hydrogens (tertiary/aromatic N) is 5. The van der Waals surface area contributed by atoms with E-state index in [-0.39, 0.29) is 6.09 Å². The number of carbonyl (C=O) groups excluding carboxylic acids is 2. The number of hydrogen-bond acceptors (Lipinski definition) is 6. The van der Waals surface area contributed by atoms with Crippen LogP contribution in [-0.4, -0.2) is 55.9 Å². The van der Waals surface area contributed by atoms with Gasteiger partial charge in [-0.25, -0.2) is 9.59 Å². The highest BCUT2D eigenvalue weighted by molar-refractivity contribution is 5.92. The first-order valence-corrected chi connectivity index (χ1v) is 8.67. The van der Waals surface area contributed by atoms with Crippen molar-refractivity contribution in [3.63, 3.8) is 0 Å². The number of anilines is 1. The molecule has 1 fully saturated rings. The molecule has 1 heterocycles. The van der Waals surface area contributed by atoms with E-state index in [0.29, 0.717) is 37.4 Å². The molecule has 1 aliphatic heterocycles. The molecule has 1 aromatic carbocycles. The maximum atomic E-state index is 12.2. The van der Waals surface area contributed by atoms with Gasteiger partial charge in [0.05, 0.1) is 12.7 Å². The second-order valence-corrected chi connectivity index (χ2v) is 7.27. The fourth-order valence-corrected chi connectivity index (χ4v) is 2.86.